The molecule has 0 saturated carbocycles. The summed E-state index contributed by atoms with van der Waals surface area (Å²) < 4.78 is 7.45. The van der Waals surface area contributed by atoms with Gasteiger partial charge in [0.05, 0.1) is 35.3 Å². The van der Waals surface area contributed by atoms with E-state index in [9.17, 15) is 9.59 Å². The first-order valence-corrected chi connectivity index (χ1v) is 9.49. The molecule has 0 fully saturated rings. The normalized spacial score (nSPS) is 11.0. The summed E-state index contributed by atoms with van der Waals surface area (Å²) in [5.74, 6) is -0.409. The van der Waals surface area contributed by atoms with Gasteiger partial charge in [-0.05, 0) is 43.5 Å². The van der Waals surface area contributed by atoms with E-state index in [2.05, 4.69) is 0 Å². The Morgan fingerprint density at radius 3 is 2.39 bits per heavy atom. The number of hydrogen-bond acceptors (Lipinski definition) is 4. The molecule has 28 heavy (non-hydrogen) atoms. The quantitative estimate of drug-likeness (QED) is 0.676. The molecule has 2 heterocycles. The number of nitrogens with zero attached hydrogens (tertiary/aromatic N) is 2. The van der Waals surface area contributed by atoms with Crippen LogP contribution in [0.25, 0.3) is 10.9 Å². The van der Waals surface area contributed by atoms with Gasteiger partial charge >= 0.3 is 5.97 Å². The predicted molar refractivity (Wildman–Crippen MR) is 108 cm³/mol. The summed E-state index contributed by atoms with van der Waals surface area (Å²) >= 11 is 0. The Kier molecular flexibility index (Phi) is 5.78. The fourth-order valence-corrected chi connectivity index (χ4v) is 3.31. The molecule has 146 valence electrons. The van der Waals surface area contributed by atoms with Crippen molar-refractivity contribution < 1.29 is 14.6 Å². The molecule has 0 saturated heterocycles. The van der Waals surface area contributed by atoms with Gasteiger partial charge in [-0.1, -0.05) is 26.0 Å². The number of benzene rings is 1. The molecule has 0 spiro atoms. The first-order valence-electron chi connectivity index (χ1n) is 9.49. The van der Waals surface area contributed by atoms with Gasteiger partial charge < -0.3 is 14.4 Å². The summed E-state index contributed by atoms with van der Waals surface area (Å²) in [4.78, 5) is 28.7. The predicted octanol–water partition coefficient (Wildman–Crippen LogP) is 3.67. The van der Waals surface area contributed by atoms with Crippen molar-refractivity contribution in [2.75, 3.05) is 6.61 Å². The molecule has 0 aliphatic rings. The lowest BCUT2D eigenvalue weighted by Crippen LogP contribution is -2.22. The van der Waals surface area contributed by atoms with Gasteiger partial charge in [0.15, 0.2) is 0 Å². The second-order valence-electron chi connectivity index (χ2n) is 6.53. The summed E-state index contributed by atoms with van der Waals surface area (Å²) in [6, 6.07) is 10.0. The van der Waals surface area contributed by atoms with Gasteiger partial charge in [0.1, 0.15) is 5.75 Å². The molecule has 0 aliphatic heterocycles. The minimum Gasteiger partial charge on any atom is -0.493 e. The lowest BCUT2D eigenvalue weighted by molar-refractivity contribution is 0.0697. The van der Waals surface area contributed by atoms with Crippen LogP contribution in [0.15, 0.2) is 41.2 Å². The molecule has 3 rings (SSSR count). The molecule has 0 unspecified atom stereocenters. The van der Waals surface area contributed by atoms with Crippen LogP contribution in [0.5, 0.6) is 5.75 Å². The Bertz CT molecular complexity index is 1070. The third-order valence-corrected chi connectivity index (χ3v) is 4.72. The zero-order valence-corrected chi connectivity index (χ0v) is 16.4. The van der Waals surface area contributed by atoms with Crippen LogP contribution < -0.4 is 10.3 Å². The molecule has 3 aromatic rings. The van der Waals surface area contributed by atoms with Crippen molar-refractivity contribution in [3.8, 4) is 5.75 Å². The zero-order chi connectivity index (χ0) is 20.3. The van der Waals surface area contributed by atoms with Crippen molar-refractivity contribution >= 4 is 16.9 Å². The topological polar surface area (TPSA) is 81.4 Å². The molecule has 0 atom stereocenters. The van der Waals surface area contributed by atoms with Crippen molar-refractivity contribution in [2.45, 2.75) is 40.2 Å². The Morgan fingerprint density at radius 1 is 1.11 bits per heavy atom. The highest BCUT2D eigenvalue weighted by Gasteiger charge is 2.16. The Labute approximate surface area is 163 Å². The monoisotopic (exact) mass is 380 g/mol. The van der Waals surface area contributed by atoms with Gasteiger partial charge in [0, 0.05) is 11.8 Å². The minimum atomic E-state index is -0.971. The Hall–Kier alpha value is -3.15. The maximum Gasteiger partial charge on any atom is 0.335 e. The van der Waals surface area contributed by atoms with Gasteiger partial charge in [-0.3, -0.25) is 9.78 Å². The van der Waals surface area contributed by atoms with Gasteiger partial charge in [-0.15, -0.1) is 0 Å². The van der Waals surface area contributed by atoms with E-state index in [-0.39, 0.29) is 11.1 Å². The van der Waals surface area contributed by atoms with Gasteiger partial charge in [-0.25, -0.2) is 4.79 Å². The van der Waals surface area contributed by atoms with E-state index in [1.807, 2.05) is 26.8 Å². The number of rotatable bonds is 7. The highest BCUT2D eigenvalue weighted by atomic mass is 16.5. The number of aromatic carboxylic acids is 1. The molecule has 1 aromatic carbocycles. The Morgan fingerprint density at radius 2 is 1.82 bits per heavy atom. The zero-order valence-electron chi connectivity index (χ0n) is 16.4. The van der Waals surface area contributed by atoms with E-state index >= 15 is 0 Å². The van der Waals surface area contributed by atoms with Crippen LogP contribution >= 0.6 is 0 Å². The first-order chi connectivity index (χ1) is 13.5. The number of hydrogen-bond donors (Lipinski definition) is 1. The van der Waals surface area contributed by atoms with Crippen LogP contribution in [-0.2, 0) is 19.4 Å². The maximum atomic E-state index is 12.9. The van der Waals surface area contributed by atoms with Gasteiger partial charge in [-0.2, -0.15) is 0 Å². The van der Waals surface area contributed by atoms with Crippen molar-refractivity contribution in [2.24, 2.45) is 0 Å². The number of aromatic nitrogens is 2. The number of pyridine rings is 2. The number of carbonyl (C=O) groups is 1. The third-order valence-electron chi connectivity index (χ3n) is 4.72. The second kappa shape index (κ2) is 8.25. The third kappa shape index (κ3) is 3.76. The highest BCUT2D eigenvalue weighted by molar-refractivity contribution is 5.88. The SMILES string of the molecule is CCOc1cc(=O)n(Cc2ccc(C(=O)O)cc2)c2cc(CC)nc(CC)c12. The average molecular weight is 380 g/mol. The lowest BCUT2D eigenvalue weighted by Gasteiger charge is -2.17. The van der Waals surface area contributed by atoms with Crippen LogP contribution in [0.4, 0.5) is 0 Å². The molecule has 0 amide bonds. The molecular formula is C22H24N2O4. The van der Waals surface area contributed by atoms with Crippen LogP contribution in [0.3, 0.4) is 0 Å². The molecule has 6 nitrogen and oxygen atoms in total. The number of ether oxygens (including phenoxy) is 1. The number of carboxylic acids is 1. The van der Waals surface area contributed by atoms with Gasteiger partial charge in [0.25, 0.3) is 5.56 Å². The van der Waals surface area contributed by atoms with E-state index in [1.165, 1.54) is 6.07 Å². The molecule has 1 N–H and O–H groups in total. The van der Waals surface area contributed by atoms with Crippen molar-refractivity contribution in [3.05, 3.63) is 69.3 Å². The van der Waals surface area contributed by atoms with Crippen LogP contribution in [0, 0.1) is 0 Å². The summed E-state index contributed by atoms with van der Waals surface area (Å²) in [6.45, 7) is 6.77. The first kappa shape index (κ1) is 19.6. The smallest absolute Gasteiger partial charge is 0.335 e. The molecule has 0 bridgehead atoms. The molecular weight excluding hydrogens is 356 g/mol. The summed E-state index contributed by atoms with van der Waals surface area (Å²) in [5, 5.41) is 9.94. The fraction of sp³-hybridized carbons (Fsp3) is 0.318. The van der Waals surface area contributed by atoms with Crippen LogP contribution in [0.2, 0.25) is 0 Å². The van der Waals surface area contributed by atoms with E-state index in [1.54, 1.807) is 28.8 Å². The largest absolute Gasteiger partial charge is 0.493 e. The van der Waals surface area contributed by atoms with E-state index in [0.29, 0.717) is 18.9 Å². The second-order valence-corrected chi connectivity index (χ2v) is 6.53. The molecule has 0 aliphatic carbocycles. The minimum absolute atomic E-state index is 0.159. The summed E-state index contributed by atoms with van der Waals surface area (Å²) in [5.41, 5.74) is 3.54. The van der Waals surface area contributed by atoms with Crippen molar-refractivity contribution in [3.63, 3.8) is 0 Å². The standard InChI is InChI=1S/C22H24N2O4/c1-4-16-11-18-21(17(5-2)23-16)19(28-6-3)12-20(25)24(18)13-14-7-9-15(10-8-14)22(26)27/h7-12H,4-6,13H2,1-3H3,(H,26,27). The maximum absolute atomic E-state index is 12.9. The van der Waals surface area contributed by atoms with Crippen LogP contribution in [-0.4, -0.2) is 27.2 Å². The number of fused-ring (bicyclic) bond motifs is 1. The fourth-order valence-electron chi connectivity index (χ4n) is 3.31. The summed E-state index contributed by atoms with van der Waals surface area (Å²) in [7, 11) is 0. The lowest BCUT2D eigenvalue weighted by atomic mass is 10.1. The molecule has 2 aromatic heterocycles. The number of aryl methyl sites for hydroxylation is 2. The van der Waals surface area contributed by atoms with E-state index in [0.717, 1.165) is 40.7 Å². The molecule has 0 radical (unpaired) electrons. The van der Waals surface area contributed by atoms with Crippen molar-refractivity contribution in [1.82, 2.24) is 9.55 Å². The summed E-state index contributed by atoms with van der Waals surface area (Å²) in [6.07, 6.45) is 1.50. The van der Waals surface area contributed by atoms with Crippen LogP contribution in [0.1, 0.15) is 48.1 Å². The van der Waals surface area contributed by atoms with Gasteiger partial charge in [0.2, 0.25) is 0 Å². The number of carboxylic acid groups (broad SMARTS) is 1. The van der Waals surface area contributed by atoms with E-state index < -0.39 is 5.97 Å². The Balaban J connectivity index is 2.21. The highest BCUT2D eigenvalue weighted by Crippen LogP contribution is 2.28. The molecule has 6 heteroatoms. The average Bonchev–Trinajstić information content (AvgIpc) is 2.70. The van der Waals surface area contributed by atoms with E-state index in [4.69, 9.17) is 14.8 Å². The van der Waals surface area contributed by atoms with Crippen molar-refractivity contribution in [1.29, 1.82) is 0 Å².